The van der Waals surface area contributed by atoms with E-state index in [-0.39, 0.29) is 12.3 Å². The number of nitriles is 1. The number of carboxylic acids is 1. The lowest BCUT2D eigenvalue weighted by Gasteiger charge is -2.37. The van der Waals surface area contributed by atoms with Gasteiger partial charge in [0.05, 0.1) is 11.3 Å². The Morgan fingerprint density at radius 3 is 3.00 bits per heavy atom. The molecule has 1 aromatic carbocycles. The number of anilines is 1. The quantitative estimate of drug-likeness (QED) is 0.923. The molecule has 0 amide bonds. The van der Waals surface area contributed by atoms with Crippen molar-refractivity contribution in [2.24, 2.45) is 11.8 Å². The Bertz CT molecular complexity index is 562. The minimum Gasteiger partial charge on any atom is -0.481 e. The van der Waals surface area contributed by atoms with E-state index < -0.39 is 5.97 Å². The molecule has 0 saturated carbocycles. The number of rotatable bonds is 4. The molecule has 1 N–H and O–H groups in total. The van der Waals surface area contributed by atoms with E-state index >= 15 is 0 Å². The zero-order valence-electron chi connectivity index (χ0n) is 12.7. The number of aliphatic carboxylic acids is 1. The van der Waals surface area contributed by atoms with Crippen LogP contribution in [0.5, 0.6) is 0 Å². The van der Waals surface area contributed by atoms with Gasteiger partial charge in [-0.1, -0.05) is 13.0 Å². The molecule has 0 spiro atoms. The van der Waals surface area contributed by atoms with Gasteiger partial charge < -0.3 is 10.0 Å². The van der Waals surface area contributed by atoms with Crippen LogP contribution < -0.4 is 4.90 Å². The molecule has 0 aromatic heterocycles. The molecule has 112 valence electrons. The number of carboxylic acid groups (broad SMARTS) is 1. The Labute approximate surface area is 126 Å². The van der Waals surface area contributed by atoms with Gasteiger partial charge in [-0.05, 0) is 49.3 Å². The first-order valence-electron chi connectivity index (χ1n) is 7.48. The molecule has 0 aliphatic carbocycles. The van der Waals surface area contributed by atoms with Crippen molar-refractivity contribution in [2.45, 2.75) is 33.1 Å². The van der Waals surface area contributed by atoms with Gasteiger partial charge in [0.15, 0.2) is 0 Å². The monoisotopic (exact) mass is 286 g/mol. The normalized spacial score (nSPS) is 19.9. The van der Waals surface area contributed by atoms with Crippen LogP contribution in [0.2, 0.25) is 0 Å². The van der Waals surface area contributed by atoms with Crippen LogP contribution in [0.15, 0.2) is 18.2 Å². The Balaban J connectivity index is 2.14. The maximum Gasteiger partial charge on any atom is 0.303 e. The maximum absolute atomic E-state index is 10.9. The van der Waals surface area contributed by atoms with Crippen molar-refractivity contribution in [1.82, 2.24) is 0 Å². The lowest BCUT2D eigenvalue weighted by Crippen LogP contribution is -2.38. The molecule has 1 heterocycles. The molecule has 2 unspecified atom stereocenters. The minimum atomic E-state index is -0.729. The third-order valence-electron chi connectivity index (χ3n) is 4.37. The van der Waals surface area contributed by atoms with Crippen molar-refractivity contribution in [3.8, 4) is 6.07 Å². The lowest BCUT2D eigenvalue weighted by atomic mass is 9.84. The molecule has 1 saturated heterocycles. The van der Waals surface area contributed by atoms with Crippen molar-refractivity contribution in [2.75, 3.05) is 18.0 Å². The van der Waals surface area contributed by atoms with E-state index in [4.69, 9.17) is 5.11 Å². The predicted molar refractivity (Wildman–Crippen MR) is 82.2 cm³/mol. The van der Waals surface area contributed by atoms with Gasteiger partial charge in [0.1, 0.15) is 6.07 Å². The zero-order chi connectivity index (χ0) is 15.4. The molecule has 21 heavy (non-hydrogen) atoms. The fraction of sp³-hybridized carbons (Fsp3) is 0.529. The SMILES string of the molecule is Cc1ccc(N2CCCC(C(C)CC(=O)O)C2)c(C#N)c1. The van der Waals surface area contributed by atoms with Crippen LogP contribution in [0.3, 0.4) is 0 Å². The van der Waals surface area contributed by atoms with E-state index in [0.29, 0.717) is 11.5 Å². The largest absolute Gasteiger partial charge is 0.481 e. The van der Waals surface area contributed by atoms with Crippen LogP contribution in [0, 0.1) is 30.1 Å². The molecule has 1 fully saturated rings. The minimum absolute atomic E-state index is 0.168. The topological polar surface area (TPSA) is 64.3 Å². The van der Waals surface area contributed by atoms with E-state index in [2.05, 4.69) is 11.0 Å². The molecular weight excluding hydrogens is 264 g/mol. The van der Waals surface area contributed by atoms with Crippen molar-refractivity contribution in [3.63, 3.8) is 0 Å². The van der Waals surface area contributed by atoms with Crippen LogP contribution in [0.1, 0.15) is 37.3 Å². The highest BCUT2D eigenvalue weighted by atomic mass is 16.4. The van der Waals surface area contributed by atoms with Crippen LogP contribution in [-0.2, 0) is 4.79 Å². The van der Waals surface area contributed by atoms with Gasteiger partial charge in [-0.25, -0.2) is 0 Å². The fourth-order valence-electron chi connectivity index (χ4n) is 3.15. The van der Waals surface area contributed by atoms with E-state index in [1.807, 2.05) is 32.0 Å². The number of nitrogens with zero attached hydrogens (tertiary/aromatic N) is 2. The summed E-state index contributed by atoms with van der Waals surface area (Å²) in [6.07, 6.45) is 2.34. The summed E-state index contributed by atoms with van der Waals surface area (Å²) >= 11 is 0. The molecule has 4 nitrogen and oxygen atoms in total. The number of carbonyl (C=O) groups is 1. The molecule has 0 radical (unpaired) electrons. The predicted octanol–water partition coefficient (Wildman–Crippen LogP) is 3.19. The summed E-state index contributed by atoms with van der Waals surface area (Å²) < 4.78 is 0. The number of hydrogen-bond acceptors (Lipinski definition) is 3. The standard InChI is InChI=1S/C17H22N2O2/c1-12-5-6-16(15(8-12)10-18)19-7-3-4-14(11-19)13(2)9-17(20)21/h5-6,8,13-14H,3-4,7,9,11H2,1-2H3,(H,20,21). The highest BCUT2D eigenvalue weighted by Gasteiger charge is 2.27. The van der Waals surface area contributed by atoms with Crippen molar-refractivity contribution >= 4 is 11.7 Å². The van der Waals surface area contributed by atoms with Crippen LogP contribution in [-0.4, -0.2) is 24.2 Å². The Morgan fingerprint density at radius 2 is 2.33 bits per heavy atom. The number of aryl methyl sites for hydroxylation is 1. The van der Waals surface area contributed by atoms with Crippen LogP contribution in [0.4, 0.5) is 5.69 Å². The van der Waals surface area contributed by atoms with E-state index in [1.165, 1.54) is 0 Å². The highest BCUT2D eigenvalue weighted by molar-refractivity contribution is 5.67. The Morgan fingerprint density at radius 1 is 1.57 bits per heavy atom. The molecule has 1 aliphatic rings. The second-order valence-corrected chi connectivity index (χ2v) is 6.06. The Kier molecular flexibility index (Phi) is 4.85. The van der Waals surface area contributed by atoms with Crippen molar-refractivity contribution in [3.05, 3.63) is 29.3 Å². The smallest absolute Gasteiger partial charge is 0.303 e. The third-order valence-corrected chi connectivity index (χ3v) is 4.37. The summed E-state index contributed by atoms with van der Waals surface area (Å²) in [6.45, 7) is 5.78. The fourth-order valence-corrected chi connectivity index (χ4v) is 3.15. The number of benzene rings is 1. The molecule has 1 aromatic rings. The van der Waals surface area contributed by atoms with E-state index in [9.17, 15) is 10.1 Å². The van der Waals surface area contributed by atoms with Gasteiger partial charge in [0.25, 0.3) is 0 Å². The van der Waals surface area contributed by atoms with Crippen molar-refractivity contribution in [1.29, 1.82) is 5.26 Å². The second-order valence-electron chi connectivity index (χ2n) is 6.06. The average Bonchev–Trinajstić information content (AvgIpc) is 2.46. The average molecular weight is 286 g/mol. The van der Waals surface area contributed by atoms with Crippen molar-refractivity contribution < 1.29 is 9.90 Å². The van der Waals surface area contributed by atoms with Gasteiger partial charge in [-0.3, -0.25) is 4.79 Å². The third kappa shape index (κ3) is 3.75. The van der Waals surface area contributed by atoms with E-state index in [0.717, 1.165) is 37.2 Å². The summed E-state index contributed by atoms with van der Waals surface area (Å²) in [4.78, 5) is 13.1. The molecule has 2 rings (SSSR count). The highest BCUT2D eigenvalue weighted by Crippen LogP contribution is 2.31. The van der Waals surface area contributed by atoms with E-state index in [1.54, 1.807) is 0 Å². The molecule has 0 bridgehead atoms. The maximum atomic E-state index is 10.9. The summed E-state index contributed by atoms with van der Waals surface area (Å²) in [7, 11) is 0. The van der Waals surface area contributed by atoms with Gasteiger partial charge in [0.2, 0.25) is 0 Å². The van der Waals surface area contributed by atoms with Gasteiger partial charge in [-0.15, -0.1) is 0 Å². The lowest BCUT2D eigenvalue weighted by molar-refractivity contribution is -0.138. The summed E-state index contributed by atoms with van der Waals surface area (Å²) in [5, 5.41) is 18.3. The first-order chi connectivity index (χ1) is 10.0. The number of hydrogen-bond donors (Lipinski definition) is 1. The first kappa shape index (κ1) is 15.4. The van der Waals surface area contributed by atoms with Gasteiger partial charge in [-0.2, -0.15) is 5.26 Å². The van der Waals surface area contributed by atoms with Gasteiger partial charge >= 0.3 is 5.97 Å². The Hall–Kier alpha value is -2.02. The molecular formula is C17H22N2O2. The summed E-state index contributed by atoms with van der Waals surface area (Å²) in [6, 6.07) is 8.23. The van der Waals surface area contributed by atoms with Crippen LogP contribution in [0.25, 0.3) is 0 Å². The second kappa shape index (κ2) is 6.62. The molecule has 2 atom stereocenters. The zero-order valence-corrected chi connectivity index (χ0v) is 12.7. The number of piperidine rings is 1. The summed E-state index contributed by atoms with van der Waals surface area (Å²) in [5.74, 6) is -0.184. The molecule has 4 heteroatoms. The molecule has 1 aliphatic heterocycles. The van der Waals surface area contributed by atoms with Crippen LogP contribution >= 0.6 is 0 Å². The summed E-state index contributed by atoms with van der Waals surface area (Å²) in [5.41, 5.74) is 2.78. The first-order valence-corrected chi connectivity index (χ1v) is 7.48. The van der Waals surface area contributed by atoms with Gasteiger partial charge in [0, 0.05) is 19.5 Å².